The first-order valence-electron chi connectivity index (χ1n) is 14.1. The Bertz CT molecular complexity index is 1180. The van der Waals surface area contributed by atoms with Crippen molar-refractivity contribution in [2.45, 2.75) is 45.8 Å². The van der Waals surface area contributed by atoms with Gasteiger partial charge in [0.1, 0.15) is 23.7 Å². The van der Waals surface area contributed by atoms with Gasteiger partial charge in [0.05, 0.1) is 53.9 Å². The number of primary amides is 1. The highest BCUT2D eigenvalue weighted by Crippen LogP contribution is 2.39. The Morgan fingerprint density at radius 2 is 1.51 bits per heavy atom. The highest BCUT2D eigenvalue weighted by atomic mass is 16.6. The lowest BCUT2D eigenvalue weighted by Crippen LogP contribution is -2.34. The number of ether oxygens (including phenoxy) is 7. The average Bonchev–Trinajstić information content (AvgIpc) is 2.95. The van der Waals surface area contributed by atoms with E-state index in [0.717, 1.165) is 16.3 Å². The van der Waals surface area contributed by atoms with E-state index in [1.54, 1.807) is 41.1 Å². The maximum atomic E-state index is 12.3. The maximum Gasteiger partial charge on any atom is 0.407 e. The van der Waals surface area contributed by atoms with E-state index >= 15 is 0 Å². The number of amides is 3. The van der Waals surface area contributed by atoms with Gasteiger partial charge in [-0.1, -0.05) is 18.2 Å². The first-order valence-corrected chi connectivity index (χ1v) is 14.1. The molecular formula is C30H45N3O10. The topological polar surface area (TPSA) is 166 Å². The molecule has 4 N–H and O–H groups in total. The molecule has 0 bridgehead atoms. The third-order valence-electron chi connectivity index (χ3n) is 5.88. The van der Waals surface area contributed by atoms with Gasteiger partial charge in [0.2, 0.25) is 5.91 Å². The predicted octanol–water partition coefficient (Wildman–Crippen LogP) is 3.08. The predicted molar refractivity (Wildman–Crippen MR) is 159 cm³/mol. The van der Waals surface area contributed by atoms with Gasteiger partial charge in [0.15, 0.2) is 0 Å². The fraction of sp³-hybridized carbons (Fsp3) is 0.567. The van der Waals surface area contributed by atoms with Crippen LogP contribution in [-0.2, 0) is 41.5 Å². The van der Waals surface area contributed by atoms with E-state index in [1.165, 1.54) is 0 Å². The van der Waals surface area contributed by atoms with Gasteiger partial charge in [0.25, 0.3) is 0 Å². The van der Waals surface area contributed by atoms with Crippen LogP contribution in [0.3, 0.4) is 0 Å². The summed E-state index contributed by atoms with van der Waals surface area (Å²) < 4.78 is 37.6. The molecule has 3 amide bonds. The van der Waals surface area contributed by atoms with Crippen LogP contribution in [0.15, 0.2) is 24.3 Å². The van der Waals surface area contributed by atoms with Crippen LogP contribution in [0.2, 0.25) is 0 Å². The molecule has 0 unspecified atom stereocenters. The van der Waals surface area contributed by atoms with Crippen LogP contribution in [0.5, 0.6) is 11.5 Å². The van der Waals surface area contributed by atoms with Gasteiger partial charge in [-0.2, -0.15) is 0 Å². The molecule has 0 aliphatic carbocycles. The molecule has 2 aromatic carbocycles. The highest BCUT2D eigenvalue weighted by Gasteiger charge is 2.18. The van der Waals surface area contributed by atoms with Gasteiger partial charge < -0.3 is 49.5 Å². The third kappa shape index (κ3) is 13.4. The molecule has 2 aromatic rings. The number of carbonyl (C=O) groups excluding carboxylic acids is 3. The number of nitrogens with one attached hydrogen (secondary N) is 2. The molecule has 0 spiro atoms. The van der Waals surface area contributed by atoms with Crippen molar-refractivity contribution >= 4 is 28.9 Å². The Balaban J connectivity index is 1.64. The maximum absolute atomic E-state index is 12.3. The van der Waals surface area contributed by atoms with E-state index < -0.39 is 17.8 Å². The molecule has 0 saturated heterocycles. The van der Waals surface area contributed by atoms with E-state index in [-0.39, 0.29) is 25.5 Å². The summed E-state index contributed by atoms with van der Waals surface area (Å²) in [7, 11) is 3.11. The van der Waals surface area contributed by atoms with Gasteiger partial charge in [0, 0.05) is 35.8 Å². The van der Waals surface area contributed by atoms with Crippen molar-refractivity contribution in [1.82, 2.24) is 10.6 Å². The van der Waals surface area contributed by atoms with Gasteiger partial charge >= 0.3 is 12.2 Å². The van der Waals surface area contributed by atoms with Crippen LogP contribution in [-0.4, -0.2) is 90.6 Å². The molecule has 0 aliphatic heterocycles. The summed E-state index contributed by atoms with van der Waals surface area (Å²) in [5.41, 5.74) is 6.17. The number of benzene rings is 2. The van der Waals surface area contributed by atoms with Gasteiger partial charge in [-0.05, 0) is 38.8 Å². The fourth-order valence-corrected chi connectivity index (χ4v) is 4.09. The fourth-order valence-electron chi connectivity index (χ4n) is 4.09. The van der Waals surface area contributed by atoms with Crippen molar-refractivity contribution < 1.29 is 47.5 Å². The summed E-state index contributed by atoms with van der Waals surface area (Å²) in [6, 6.07) is 7.51. The number of fused-ring (bicyclic) bond motifs is 1. The summed E-state index contributed by atoms with van der Waals surface area (Å²) in [6.45, 7) is 8.27. The molecule has 0 aliphatic rings. The summed E-state index contributed by atoms with van der Waals surface area (Å²) in [6.07, 6.45) is -0.568. The molecule has 0 fully saturated rings. The molecule has 13 heteroatoms. The van der Waals surface area contributed by atoms with Crippen LogP contribution in [0, 0.1) is 0 Å². The SMILES string of the molecule is COc1c(COC(N)=O)cc(OC)c2c(CCNC(=O)CCOCCOCCOCCNC(=O)OC(C)(C)C)cccc12. The lowest BCUT2D eigenvalue weighted by molar-refractivity contribution is -0.122. The molecule has 43 heavy (non-hydrogen) atoms. The first kappa shape index (κ1) is 35.4. The Kier molecular flexibility index (Phi) is 15.4. The number of methoxy groups -OCH3 is 2. The largest absolute Gasteiger partial charge is 0.496 e. The third-order valence-corrected chi connectivity index (χ3v) is 5.88. The molecule has 0 atom stereocenters. The second-order valence-electron chi connectivity index (χ2n) is 10.3. The quantitative estimate of drug-likeness (QED) is 0.202. The Morgan fingerprint density at radius 3 is 2.14 bits per heavy atom. The molecular weight excluding hydrogens is 562 g/mol. The monoisotopic (exact) mass is 607 g/mol. The van der Waals surface area contributed by atoms with E-state index in [2.05, 4.69) is 10.6 Å². The van der Waals surface area contributed by atoms with Crippen LogP contribution in [0.4, 0.5) is 9.59 Å². The minimum Gasteiger partial charge on any atom is -0.496 e. The lowest BCUT2D eigenvalue weighted by Gasteiger charge is -2.19. The van der Waals surface area contributed by atoms with Crippen molar-refractivity contribution in [3.05, 3.63) is 35.4 Å². The zero-order valence-corrected chi connectivity index (χ0v) is 25.7. The van der Waals surface area contributed by atoms with Gasteiger partial charge in [-0.15, -0.1) is 0 Å². The average molecular weight is 608 g/mol. The van der Waals surface area contributed by atoms with Gasteiger partial charge in [-0.3, -0.25) is 4.79 Å². The molecule has 0 heterocycles. The van der Waals surface area contributed by atoms with Crippen molar-refractivity contribution in [2.75, 3.05) is 67.0 Å². The van der Waals surface area contributed by atoms with Crippen LogP contribution < -0.4 is 25.8 Å². The number of nitrogens with two attached hydrogens (primary N) is 1. The standard InChI is InChI=1S/C30H45N3O10/c1-30(2,3)43-29(36)33-12-14-40-16-18-41-17-15-39-13-10-25(34)32-11-9-21-7-6-8-23-26(21)24(37-4)19-22(27(23)38-5)20-42-28(31)35/h6-8,19H,9-18,20H2,1-5H3,(H2,31,35)(H,32,34)(H,33,36). The van der Waals surface area contributed by atoms with Crippen molar-refractivity contribution in [3.8, 4) is 11.5 Å². The molecule has 0 radical (unpaired) electrons. The van der Waals surface area contributed by atoms with E-state index in [9.17, 15) is 14.4 Å². The van der Waals surface area contributed by atoms with Crippen LogP contribution in [0.1, 0.15) is 38.3 Å². The number of rotatable bonds is 19. The Hall–Kier alpha value is -3.81. The van der Waals surface area contributed by atoms with Crippen LogP contribution >= 0.6 is 0 Å². The summed E-state index contributed by atoms with van der Waals surface area (Å²) in [4.78, 5) is 34.9. The van der Waals surface area contributed by atoms with Gasteiger partial charge in [-0.25, -0.2) is 9.59 Å². The smallest absolute Gasteiger partial charge is 0.407 e. The number of carbonyl (C=O) groups is 3. The molecule has 0 saturated carbocycles. The zero-order valence-electron chi connectivity index (χ0n) is 25.7. The zero-order chi connectivity index (χ0) is 31.7. The summed E-state index contributed by atoms with van der Waals surface area (Å²) in [5.74, 6) is 1.03. The number of alkyl carbamates (subject to hydrolysis) is 1. The molecule has 0 aromatic heterocycles. The Labute approximate surface area is 252 Å². The highest BCUT2D eigenvalue weighted by molar-refractivity contribution is 5.97. The minimum absolute atomic E-state index is 0.0512. The van der Waals surface area contributed by atoms with E-state index in [1.807, 2.05) is 18.2 Å². The number of hydrogen-bond donors (Lipinski definition) is 3. The van der Waals surface area contributed by atoms with Crippen molar-refractivity contribution in [3.63, 3.8) is 0 Å². The molecule has 2 rings (SSSR count). The second kappa shape index (κ2) is 18.7. The summed E-state index contributed by atoms with van der Waals surface area (Å²) >= 11 is 0. The molecule has 13 nitrogen and oxygen atoms in total. The normalized spacial score (nSPS) is 11.2. The lowest BCUT2D eigenvalue weighted by atomic mass is 9.98. The number of hydrogen-bond acceptors (Lipinski definition) is 10. The first-order chi connectivity index (χ1) is 20.6. The summed E-state index contributed by atoms with van der Waals surface area (Å²) in [5, 5.41) is 7.18. The van der Waals surface area contributed by atoms with Crippen LogP contribution in [0.25, 0.3) is 10.8 Å². The van der Waals surface area contributed by atoms with Crippen molar-refractivity contribution in [2.24, 2.45) is 5.73 Å². The molecule has 240 valence electrons. The second-order valence-corrected chi connectivity index (χ2v) is 10.3. The Morgan fingerprint density at radius 1 is 0.837 bits per heavy atom. The van der Waals surface area contributed by atoms with E-state index in [4.69, 9.17) is 38.9 Å². The van der Waals surface area contributed by atoms with Crippen molar-refractivity contribution in [1.29, 1.82) is 0 Å². The minimum atomic E-state index is -0.880. The van der Waals surface area contributed by atoms with E-state index in [0.29, 0.717) is 69.6 Å².